The Bertz CT molecular complexity index is 312. The largest absolute Gasteiger partial charge is 0.303 e. The van der Waals surface area contributed by atoms with E-state index in [2.05, 4.69) is 0 Å². The minimum Gasteiger partial charge on any atom is -0.303 e. The average molecular weight is 191 g/mol. The van der Waals surface area contributed by atoms with Gasteiger partial charge in [-0.2, -0.15) is 0 Å². The van der Waals surface area contributed by atoms with Crippen molar-refractivity contribution in [2.24, 2.45) is 0 Å². The minimum absolute atomic E-state index is 0.0704. The van der Waals surface area contributed by atoms with Crippen LogP contribution in [0.2, 0.25) is 5.02 Å². The van der Waals surface area contributed by atoms with E-state index in [0.717, 1.165) is 6.07 Å². The summed E-state index contributed by atoms with van der Waals surface area (Å²) in [6, 6.07) is 2.14. The molecule has 0 saturated carbocycles. The molecular formula is C8H5ClF2O. The van der Waals surface area contributed by atoms with E-state index in [9.17, 15) is 13.6 Å². The summed E-state index contributed by atoms with van der Waals surface area (Å²) in [7, 11) is 0. The normalized spacial score (nSPS) is 9.92. The number of hydrogen-bond donors (Lipinski definition) is 0. The van der Waals surface area contributed by atoms with Gasteiger partial charge in [0.1, 0.15) is 6.29 Å². The van der Waals surface area contributed by atoms with E-state index < -0.39 is 11.6 Å². The molecule has 1 aromatic rings. The van der Waals surface area contributed by atoms with Crippen LogP contribution >= 0.6 is 11.6 Å². The molecule has 1 rings (SSSR count). The first kappa shape index (κ1) is 9.13. The Labute approximate surface area is 73.0 Å². The summed E-state index contributed by atoms with van der Waals surface area (Å²) in [6.45, 7) is 0. The lowest BCUT2D eigenvalue weighted by atomic mass is 10.1. The maximum atomic E-state index is 12.8. The zero-order chi connectivity index (χ0) is 9.14. The number of halogens is 3. The monoisotopic (exact) mass is 190 g/mol. The molecule has 0 aliphatic heterocycles. The lowest BCUT2D eigenvalue weighted by Gasteiger charge is -2.01. The molecule has 0 atom stereocenters. The third-order valence-corrected chi connectivity index (χ3v) is 1.78. The van der Waals surface area contributed by atoms with Crippen LogP contribution in [0.25, 0.3) is 0 Å². The van der Waals surface area contributed by atoms with Crippen LogP contribution in [0.3, 0.4) is 0 Å². The zero-order valence-electron chi connectivity index (χ0n) is 5.98. The van der Waals surface area contributed by atoms with Gasteiger partial charge in [-0.25, -0.2) is 8.78 Å². The molecule has 0 spiro atoms. The zero-order valence-corrected chi connectivity index (χ0v) is 6.74. The Balaban J connectivity index is 3.22. The third kappa shape index (κ3) is 1.61. The molecular weight excluding hydrogens is 186 g/mol. The van der Waals surface area contributed by atoms with Gasteiger partial charge in [0.15, 0.2) is 11.6 Å². The molecule has 0 amide bonds. The predicted octanol–water partition coefficient (Wildman–Crippen LogP) is 2.36. The second-order valence-corrected chi connectivity index (χ2v) is 2.60. The van der Waals surface area contributed by atoms with Crippen molar-refractivity contribution in [1.29, 1.82) is 0 Å². The van der Waals surface area contributed by atoms with E-state index in [-0.39, 0.29) is 17.0 Å². The summed E-state index contributed by atoms with van der Waals surface area (Å²) in [5, 5.41) is 0.0704. The van der Waals surface area contributed by atoms with Gasteiger partial charge in [-0.1, -0.05) is 11.6 Å². The van der Waals surface area contributed by atoms with E-state index in [4.69, 9.17) is 11.6 Å². The first-order valence-corrected chi connectivity index (χ1v) is 3.60. The van der Waals surface area contributed by atoms with Crippen molar-refractivity contribution in [1.82, 2.24) is 0 Å². The van der Waals surface area contributed by atoms with Crippen LogP contribution in [0.5, 0.6) is 0 Å². The number of rotatable bonds is 2. The summed E-state index contributed by atoms with van der Waals surface area (Å²) in [5.74, 6) is -2.04. The van der Waals surface area contributed by atoms with Crippen LogP contribution in [-0.4, -0.2) is 6.29 Å². The highest BCUT2D eigenvalue weighted by Gasteiger charge is 2.11. The first-order valence-electron chi connectivity index (χ1n) is 3.23. The highest BCUT2D eigenvalue weighted by atomic mass is 35.5. The van der Waals surface area contributed by atoms with Crippen LogP contribution < -0.4 is 0 Å². The van der Waals surface area contributed by atoms with Crippen molar-refractivity contribution in [2.45, 2.75) is 6.42 Å². The molecule has 0 unspecified atom stereocenters. The molecule has 1 aromatic carbocycles. The molecule has 0 radical (unpaired) electrons. The Morgan fingerprint density at radius 3 is 2.67 bits per heavy atom. The van der Waals surface area contributed by atoms with Gasteiger partial charge in [-0.05, 0) is 12.1 Å². The fourth-order valence-electron chi connectivity index (χ4n) is 0.840. The van der Waals surface area contributed by atoms with E-state index >= 15 is 0 Å². The van der Waals surface area contributed by atoms with Gasteiger partial charge in [0.2, 0.25) is 0 Å². The van der Waals surface area contributed by atoms with Crippen molar-refractivity contribution in [3.05, 3.63) is 34.4 Å². The fraction of sp³-hybridized carbons (Fsp3) is 0.125. The van der Waals surface area contributed by atoms with Gasteiger partial charge in [0, 0.05) is 17.0 Å². The summed E-state index contributed by atoms with van der Waals surface area (Å²) >= 11 is 5.51. The van der Waals surface area contributed by atoms with Crippen LogP contribution in [0.4, 0.5) is 8.78 Å². The molecule has 0 N–H and O–H groups in total. The van der Waals surface area contributed by atoms with Crippen molar-refractivity contribution < 1.29 is 13.6 Å². The number of aldehydes is 1. The molecule has 0 aromatic heterocycles. The van der Waals surface area contributed by atoms with Crippen LogP contribution in [0, 0.1) is 11.6 Å². The Morgan fingerprint density at radius 2 is 2.08 bits per heavy atom. The minimum atomic E-state index is -1.05. The molecule has 0 aliphatic carbocycles. The van der Waals surface area contributed by atoms with E-state index in [1.165, 1.54) is 6.07 Å². The van der Waals surface area contributed by atoms with Crippen molar-refractivity contribution in [3.63, 3.8) is 0 Å². The molecule has 0 bridgehead atoms. The highest BCUT2D eigenvalue weighted by Crippen LogP contribution is 2.21. The summed E-state index contributed by atoms with van der Waals surface area (Å²) in [5.41, 5.74) is -0.0910. The topological polar surface area (TPSA) is 17.1 Å². The van der Waals surface area contributed by atoms with E-state index in [0.29, 0.717) is 6.29 Å². The van der Waals surface area contributed by atoms with Gasteiger partial charge in [-0.15, -0.1) is 0 Å². The van der Waals surface area contributed by atoms with E-state index in [1.54, 1.807) is 0 Å². The lowest BCUT2D eigenvalue weighted by Crippen LogP contribution is -1.96. The van der Waals surface area contributed by atoms with Gasteiger partial charge in [-0.3, -0.25) is 0 Å². The number of hydrogen-bond acceptors (Lipinski definition) is 1. The quantitative estimate of drug-likeness (QED) is 0.517. The molecule has 1 nitrogen and oxygen atoms in total. The standard InChI is InChI=1S/C8H5ClF2O/c9-6-1-2-7(10)8(11)5(6)3-4-12/h1-2,4H,3H2. The number of carbonyl (C=O) groups excluding carboxylic acids is 1. The molecule has 4 heteroatoms. The Morgan fingerprint density at radius 1 is 1.42 bits per heavy atom. The smallest absolute Gasteiger partial charge is 0.163 e. The third-order valence-electron chi connectivity index (χ3n) is 1.43. The van der Waals surface area contributed by atoms with Crippen LogP contribution in [-0.2, 0) is 11.2 Å². The van der Waals surface area contributed by atoms with Gasteiger partial charge in [0.25, 0.3) is 0 Å². The summed E-state index contributed by atoms with van der Waals surface area (Å²) in [6.07, 6.45) is 0.270. The first-order chi connectivity index (χ1) is 5.66. The SMILES string of the molecule is O=CCc1c(Cl)ccc(F)c1F. The second-order valence-electron chi connectivity index (χ2n) is 2.19. The van der Waals surface area contributed by atoms with Gasteiger partial charge >= 0.3 is 0 Å². The maximum absolute atomic E-state index is 12.8. The number of carbonyl (C=O) groups is 1. The molecule has 12 heavy (non-hydrogen) atoms. The van der Waals surface area contributed by atoms with E-state index in [1.807, 2.05) is 0 Å². The Hall–Kier alpha value is -0.960. The van der Waals surface area contributed by atoms with Gasteiger partial charge < -0.3 is 4.79 Å². The summed E-state index contributed by atoms with van der Waals surface area (Å²) < 4.78 is 25.4. The maximum Gasteiger partial charge on any atom is 0.163 e. The molecule has 0 fully saturated rings. The van der Waals surface area contributed by atoms with Crippen LogP contribution in [0.15, 0.2) is 12.1 Å². The highest BCUT2D eigenvalue weighted by molar-refractivity contribution is 6.31. The van der Waals surface area contributed by atoms with Crippen molar-refractivity contribution in [3.8, 4) is 0 Å². The van der Waals surface area contributed by atoms with Gasteiger partial charge in [0.05, 0.1) is 0 Å². The fourth-order valence-corrected chi connectivity index (χ4v) is 1.06. The van der Waals surface area contributed by atoms with Crippen molar-refractivity contribution >= 4 is 17.9 Å². The predicted molar refractivity (Wildman–Crippen MR) is 41.1 cm³/mol. The summed E-state index contributed by atoms with van der Waals surface area (Å²) in [4.78, 5) is 10.0. The molecule has 0 heterocycles. The lowest BCUT2D eigenvalue weighted by molar-refractivity contribution is -0.107. The Kier molecular flexibility index (Phi) is 2.76. The van der Waals surface area contributed by atoms with Crippen molar-refractivity contribution in [2.75, 3.05) is 0 Å². The number of benzene rings is 1. The van der Waals surface area contributed by atoms with Crippen LogP contribution in [0.1, 0.15) is 5.56 Å². The molecule has 0 aliphatic rings. The molecule has 0 saturated heterocycles. The average Bonchev–Trinajstić information content (AvgIpc) is 2.06. The second kappa shape index (κ2) is 3.63. The molecule has 64 valence electrons.